The Hall–Kier alpha value is -1.36. The molecule has 2 unspecified atom stereocenters. The van der Waals surface area contributed by atoms with Gasteiger partial charge < -0.3 is 15.0 Å². The maximum absolute atomic E-state index is 11.6. The van der Waals surface area contributed by atoms with E-state index in [-0.39, 0.29) is 11.7 Å². The summed E-state index contributed by atoms with van der Waals surface area (Å²) in [6.45, 7) is 3.49. The number of piperidine rings is 1. The maximum Gasteiger partial charge on any atom is 0.252 e. The number of hydrogen-bond acceptors (Lipinski definition) is 4. The fourth-order valence-corrected chi connectivity index (χ4v) is 2.43. The van der Waals surface area contributed by atoms with E-state index in [9.17, 15) is 9.90 Å². The van der Waals surface area contributed by atoms with Crippen molar-refractivity contribution in [3.63, 3.8) is 0 Å². The van der Waals surface area contributed by atoms with Gasteiger partial charge in [-0.2, -0.15) is 0 Å². The lowest BCUT2D eigenvalue weighted by atomic mass is 9.96. The van der Waals surface area contributed by atoms with E-state index in [2.05, 4.69) is 16.9 Å². The number of aliphatic hydroxyl groups is 1. The summed E-state index contributed by atoms with van der Waals surface area (Å²) in [7, 11) is 0. The van der Waals surface area contributed by atoms with Gasteiger partial charge in [-0.1, -0.05) is 6.92 Å². The van der Waals surface area contributed by atoms with Crippen molar-refractivity contribution >= 4 is 5.82 Å². The second kappa shape index (κ2) is 4.39. The van der Waals surface area contributed by atoms with Crippen molar-refractivity contribution in [2.45, 2.75) is 38.2 Å². The molecule has 2 fully saturated rings. The zero-order valence-corrected chi connectivity index (χ0v) is 10.6. The molecule has 2 N–H and O–H groups in total. The first kappa shape index (κ1) is 11.7. The molecule has 1 aromatic heterocycles. The summed E-state index contributed by atoms with van der Waals surface area (Å²) in [6, 6.07) is 1.54. The number of aromatic nitrogens is 2. The van der Waals surface area contributed by atoms with Crippen molar-refractivity contribution in [2.75, 3.05) is 18.0 Å². The minimum atomic E-state index is -0.329. The highest BCUT2D eigenvalue weighted by Gasteiger charge is 2.29. The molecule has 5 heteroatoms. The topological polar surface area (TPSA) is 69.2 Å². The van der Waals surface area contributed by atoms with E-state index in [0.29, 0.717) is 24.2 Å². The molecular weight excluding hydrogens is 230 g/mol. The van der Waals surface area contributed by atoms with E-state index < -0.39 is 0 Å². The Morgan fingerprint density at radius 3 is 2.89 bits per heavy atom. The minimum Gasteiger partial charge on any atom is -0.391 e. The number of nitrogens with zero attached hydrogens (tertiary/aromatic N) is 2. The zero-order chi connectivity index (χ0) is 12.7. The fraction of sp³-hybridized carbons (Fsp3) is 0.692. The molecular formula is C13H19N3O2. The van der Waals surface area contributed by atoms with E-state index in [1.165, 1.54) is 6.07 Å². The van der Waals surface area contributed by atoms with Crippen LogP contribution in [0.2, 0.25) is 0 Å². The van der Waals surface area contributed by atoms with Crippen molar-refractivity contribution in [2.24, 2.45) is 5.92 Å². The smallest absolute Gasteiger partial charge is 0.252 e. The van der Waals surface area contributed by atoms with Crippen LogP contribution < -0.4 is 10.5 Å². The molecule has 98 valence electrons. The minimum absolute atomic E-state index is 0.0880. The number of aliphatic hydroxyl groups excluding tert-OH is 1. The number of rotatable bonds is 2. The van der Waals surface area contributed by atoms with Crippen LogP contribution in [0, 0.1) is 5.92 Å². The van der Waals surface area contributed by atoms with Gasteiger partial charge in [0.2, 0.25) is 0 Å². The monoisotopic (exact) mass is 249 g/mol. The SMILES string of the molecule is CC1CCN(c2cc(=O)[nH]c(C3CC3)n2)CC1O. The predicted octanol–water partition coefficient (Wildman–Crippen LogP) is 0.854. The van der Waals surface area contributed by atoms with Crippen LogP contribution >= 0.6 is 0 Å². The fourth-order valence-electron chi connectivity index (χ4n) is 2.43. The summed E-state index contributed by atoms with van der Waals surface area (Å²) in [5.41, 5.74) is -0.0880. The largest absolute Gasteiger partial charge is 0.391 e. The summed E-state index contributed by atoms with van der Waals surface area (Å²) >= 11 is 0. The second-order valence-corrected chi connectivity index (χ2v) is 5.54. The quantitative estimate of drug-likeness (QED) is 0.815. The molecule has 2 heterocycles. The van der Waals surface area contributed by atoms with Crippen LogP contribution in [0.4, 0.5) is 5.82 Å². The highest BCUT2D eigenvalue weighted by molar-refractivity contribution is 5.39. The Balaban J connectivity index is 1.85. The Bertz CT molecular complexity index is 495. The van der Waals surface area contributed by atoms with Gasteiger partial charge in [-0.3, -0.25) is 4.79 Å². The maximum atomic E-state index is 11.6. The average Bonchev–Trinajstić information content (AvgIpc) is 3.16. The molecule has 2 aliphatic rings. The summed E-state index contributed by atoms with van der Waals surface area (Å²) in [6.07, 6.45) is 2.84. The first-order valence-corrected chi connectivity index (χ1v) is 6.68. The average molecular weight is 249 g/mol. The molecule has 0 amide bonds. The Morgan fingerprint density at radius 2 is 2.22 bits per heavy atom. The lowest BCUT2D eigenvalue weighted by Gasteiger charge is -2.35. The van der Waals surface area contributed by atoms with Crippen molar-refractivity contribution in [3.8, 4) is 0 Å². The molecule has 1 saturated carbocycles. The molecule has 0 aromatic carbocycles. The number of H-pyrrole nitrogens is 1. The molecule has 0 radical (unpaired) electrons. The van der Waals surface area contributed by atoms with Gasteiger partial charge in [0, 0.05) is 25.1 Å². The van der Waals surface area contributed by atoms with E-state index >= 15 is 0 Å². The summed E-state index contributed by atoms with van der Waals surface area (Å²) < 4.78 is 0. The molecule has 1 aliphatic carbocycles. The molecule has 1 saturated heterocycles. The van der Waals surface area contributed by atoms with Crippen molar-refractivity contribution in [3.05, 3.63) is 22.2 Å². The Kier molecular flexibility index (Phi) is 2.86. The molecule has 0 bridgehead atoms. The lowest BCUT2D eigenvalue weighted by Crippen LogP contribution is -2.43. The van der Waals surface area contributed by atoms with Gasteiger partial charge in [0.25, 0.3) is 5.56 Å². The molecule has 0 spiro atoms. The number of hydrogen-bond donors (Lipinski definition) is 2. The zero-order valence-electron chi connectivity index (χ0n) is 10.6. The summed E-state index contributed by atoms with van der Waals surface area (Å²) in [5.74, 6) is 2.29. The normalized spacial score (nSPS) is 28.4. The van der Waals surface area contributed by atoms with Crippen LogP contribution in [0.1, 0.15) is 37.9 Å². The highest BCUT2D eigenvalue weighted by atomic mass is 16.3. The molecule has 2 atom stereocenters. The standard InChI is InChI=1S/C13H19N3O2/c1-8-4-5-16(7-10(8)17)11-6-12(18)15-13(14-11)9-2-3-9/h6,8-10,17H,2-5,7H2,1H3,(H,14,15,18). The van der Waals surface area contributed by atoms with Gasteiger partial charge in [0.05, 0.1) is 6.10 Å². The van der Waals surface area contributed by atoms with Crippen LogP contribution in [0.25, 0.3) is 0 Å². The lowest BCUT2D eigenvalue weighted by molar-refractivity contribution is 0.102. The molecule has 3 rings (SSSR count). The van der Waals surface area contributed by atoms with E-state index in [0.717, 1.165) is 31.6 Å². The number of aromatic amines is 1. The van der Waals surface area contributed by atoms with E-state index in [1.807, 2.05) is 4.90 Å². The summed E-state index contributed by atoms with van der Waals surface area (Å²) in [4.78, 5) is 21.0. The highest BCUT2D eigenvalue weighted by Crippen LogP contribution is 2.38. The van der Waals surface area contributed by atoms with Gasteiger partial charge in [0.1, 0.15) is 11.6 Å². The molecule has 1 aromatic rings. The van der Waals surface area contributed by atoms with Crippen molar-refractivity contribution in [1.29, 1.82) is 0 Å². The van der Waals surface area contributed by atoms with Gasteiger partial charge in [-0.25, -0.2) is 4.98 Å². The van der Waals surface area contributed by atoms with Crippen LogP contribution in [-0.2, 0) is 0 Å². The van der Waals surface area contributed by atoms with E-state index in [4.69, 9.17) is 0 Å². The number of anilines is 1. The third-order valence-corrected chi connectivity index (χ3v) is 3.95. The molecule has 18 heavy (non-hydrogen) atoms. The van der Waals surface area contributed by atoms with Crippen molar-refractivity contribution < 1.29 is 5.11 Å². The Labute approximate surface area is 106 Å². The van der Waals surface area contributed by atoms with Crippen LogP contribution in [-0.4, -0.2) is 34.3 Å². The number of nitrogens with one attached hydrogen (secondary N) is 1. The van der Waals surface area contributed by atoms with E-state index in [1.54, 1.807) is 0 Å². The summed E-state index contributed by atoms with van der Waals surface area (Å²) in [5, 5.41) is 9.91. The second-order valence-electron chi connectivity index (χ2n) is 5.54. The Morgan fingerprint density at radius 1 is 1.44 bits per heavy atom. The predicted molar refractivity (Wildman–Crippen MR) is 68.8 cm³/mol. The van der Waals surface area contributed by atoms with Gasteiger partial charge >= 0.3 is 0 Å². The molecule has 5 nitrogen and oxygen atoms in total. The first-order chi connectivity index (χ1) is 8.63. The van der Waals surface area contributed by atoms with Crippen molar-refractivity contribution in [1.82, 2.24) is 9.97 Å². The first-order valence-electron chi connectivity index (χ1n) is 6.68. The van der Waals surface area contributed by atoms with Crippen LogP contribution in [0.3, 0.4) is 0 Å². The number of β-amino-alcohol motifs (C(OH)–C–C–N with tert-alkyl or cyclic N) is 1. The van der Waals surface area contributed by atoms with Crippen LogP contribution in [0.5, 0.6) is 0 Å². The van der Waals surface area contributed by atoms with Gasteiger partial charge in [-0.15, -0.1) is 0 Å². The van der Waals surface area contributed by atoms with Gasteiger partial charge in [0.15, 0.2) is 0 Å². The van der Waals surface area contributed by atoms with Gasteiger partial charge in [-0.05, 0) is 25.2 Å². The molecule has 1 aliphatic heterocycles. The van der Waals surface area contributed by atoms with Crippen LogP contribution in [0.15, 0.2) is 10.9 Å². The third-order valence-electron chi connectivity index (χ3n) is 3.95. The third kappa shape index (κ3) is 2.27.